The summed E-state index contributed by atoms with van der Waals surface area (Å²) in [5, 5.41) is 3.95. The van der Waals surface area contributed by atoms with E-state index in [1.54, 1.807) is 32.4 Å². The molecule has 0 spiro atoms. The molecule has 0 atom stereocenters. The van der Waals surface area contributed by atoms with E-state index in [1.807, 2.05) is 54.6 Å². The number of amides is 2. The highest BCUT2D eigenvalue weighted by atomic mass is 16.5. The number of hydrogen-bond donors (Lipinski definition) is 1. The lowest BCUT2D eigenvalue weighted by atomic mass is 10.2. The van der Waals surface area contributed by atoms with Gasteiger partial charge in [0.1, 0.15) is 12.4 Å². The Morgan fingerprint density at radius 1 is 0.865 bits per heavy atom. The Hall–Kier alpha value is -4.53. The maximum atomic E-state index is 12.6. The fraction of sp³-hybridized carbons (Fsp3) is 0.250. The van der Waals surface area contributed by atoms with Crippen molar-refractivity contribution in [3.05, 3.63) is 83.9 Å². The first-order valence-electron chi connectivity index (χ1n) is 11.9. The molecular weight excluding hydrogens is 472 g/mol. The van der Waals surface area contributed by atoms with Crippen LogP contribution in [-0.4, -0.2) is 63.3 Å². The highest BCUT2D eigenvalue weighted by molar-refractivity contribution is 6.35. The molecule has 3 aromatic carbocycles. The van der Waals surface area contributed by atoms with Gasteiger partial charge in [-0.25, -0.2) is 5.43 Å². The van der Waals surface area contributed by atoms with Gasteiger partial charge >= 0.3 is 11.8 Å². The van der Waals surface area contributed by atoms with Crippen LogP contribution in [0.5, 0.6) is 17.2 Å². The van der Waals surface area contributed by atoms with Gasteiger partial charge in [-0.1, -0.05) is 42.5 Å². The minimum atomic E-state index is -0.781. The van der Waals surface area contributed by atoms with Crippen LogP contribution in [0.25, 0.3) is 0 Å². The smallest absolute Gasteiger partial charge is 0.329 e. The van der Waals surface area contributed by atoms with Crippen LogP contribution in [0.1, 0.15) is 11.1 Å². The van der Waals surface area contributed by atoms with E-state index in [4.69, 9.17) is 14.2 Å². The number of para-hydroxylation sites is 2. The Balaban J connectivity index is 1.28. The van der Waals surface area contributed by atoms with E-state index in [0.717, 1.165) is 17.0 Å². The number of carbonyl (C=O) groups excluding carboxylic acids is 2. The SMILES string of the molecule is COc1cc(/C=N\NC(=O)C(=O)N2CCN(c3ccccc3OC)CC2)ccc1OCc1ccccc1. The van der Waals surface area contributed by atoms with E-state index in [9.17, 15) is 9.59 Å². The Kier molecular flexibility index (Phi) is 8.59. The summed E-state index contributed by atoms with van der Waals surface area (Å²) in [6.45, 7) is 2.46. The molecule has 0 unspecified atom stereocenters. The maximum absolute atomic E-state index is 12.6. The van der Waals surface area contributed by atoms with E-state index in [-0.39, 0.29) is 0 Å². The number of nitrogens with zero attached hydrogens (tertiary/aromatic N) is 3. The Labute approximate surface area is 216 Å². The zero-order valence-electron chi connectivity index (χ0n) is 20.9. The van der Waals surface area contributed by atoms with Crippen LogP contribution in [0.2, 0.25) is 0 Å². The third kappa shape index (κ3) is 6.58. The lowest BCUT2D eigenvalue weighted by Gasteiger charge is -2.36. The van der Waals surface area contributed by atoms with Gasteiger partial charge in [0, 0.05) is 26.2 Å². The quantitative estimate of drug-likeness (QED) is 0.289. The van der Waals surface area contributed by atoms with Crippen molar-refractivity contribution in [2.45, 2.75) is 6.61 Å². The Morgan fingerprint density at radius 3 is 2.30 bits per heavy atom. The number of hydrazone groups is 1. The van der Waals surface area contributed by atoms with Gasteiger partial charge in [-0.05, 0) is 41.5 Å². The molecule has 1 aliphatic heterocycles. The maximum Gasteiger partial charge on any atom is 0.329 e. The minimum Gasteiger partial charge on any atom is -0.495 e. The van der Waals surface area contributed by atoms with Gasteiger partial charge in [-0.3, -0.25) is 9.59 Å². The lowest BCUT2D eigenvalue weighted by Crippen LogP contribution is -2.52. The number of nitrogens with one attached hydrogen (secondary N) is 1. The molecular formula is C28H30N4O5. The number of anilines is 1. The summed E-state index contributed by atoms with van der Waals surface area (Å²) in [5.74, 6) is 0.516. The molecule has 9 heteroatoms. The van der Waals surface area contributed by atoms with E-state index >= 15 is 0 Å². The van der Waals surface area contributed by atoms with Crippen molar-refractivity contribution in [3.8, 4) is 17.2 Å². The first-order chi connectivity index (χ1) is 18.1. The van der Waals surface area contributed by atoms with Crippen molar-refractivity contribution in [1.29, 1.82) is 0 Å². The van der Waals surface area contributed by atoms with E-state index < -0.39 is 11.8 Å². The molecule has 3 aromatic rings. The van der Waals surface area contributed by atoms with Crippen LogP contribution in [0.4, 0.5) is 5.69 Å². The van der Waals surface area contributed by atoms with Crippen molar-refractivity contribution < 1.29 is 23.8 Å². The molecule has 1 heterocycles. The van der Waals surface area contributed by atoms with Crippen LogP contribution in [-0.2, 0) is 16.2 Å². The Bertz CT molecular complexity index is 1240. The molecule has 1 aliphatic rings. The predicted molar refractivity (Wildman–Crippen MR) is 141 cm³/mol. The lowest BCUT2D eigenvalue weighted by molar-refractivity contribution is -0.146. The van der Waals surface area contributed by atoms with Crippen LogP contribution < -0.4 is 24.5 Å². The van der Waals surface area contributed by atoms with Crippen LogP contribution in [0.3, 0.4) is 0 Å². The average Bonchev–Trinajstić information content (AvgIpc) is 2.96. The van der Waals surface area contributed by atoms with Crippen molar-refractivity contribution in [3.63, 3.8) is 0 Å². The van der Waals surface area contributed by atoms with Gasteiger partial charge < -0.3 is 24.0 Å². The average molecular weight is 503 g/mol. The standard InChI is InChI=1S/C28H30N4O5/c1-35-24-11-7-6-10-23(24)31-14-16-32(17-15-31)28(34)27(33)30-29-19-22-12-13-25(26(18-22)36-2)37-20-21-8-4-3-5-9-21/h3-13,18-19H,14-17,20H2,1-2H3,(H,30,33)/b29-19-. The topological polar surface area (TPSA) is 92.7 Å². The summed E-state index contributed by atoms with van der Waals surface area (Å²) < 4.78 is 16.7. The highest BCUT2D eigenvalue weighted by Crippen LogP contribution is 2.29. The van der Waals surface area contributed by atoms with Gasteiger partial charge in [0.15, 0.2) is 11.5 Å². The second-order valence-corrected chi connectivity index (χ2v) is 8.33. The van der Waals surface area contributed by atoms with Crippen LogP contribution in [0.15, 0.2) is 77.9 Å². The predicted octanol–water partition coefficient (Wildman–Crippen LogP) is 3.08. The number of methoxy groups -OCH3 is 2. The summed E-state index contributed by atoms with van der Waals surface area (Å²) in [7, 11) is 3.19. The normalized spacial score (nSPS) is 13.4. The van der Waals surface area contributed by atoms with Crippen molar-refractivity contribution >= 4 is 23.7 Å². The first-order valence-corrected chi connectivity index (χ1v) is 11.9. The number of piperazine rings is 1. The van der Waals surface area contributed by atoms with E-state index in [1.165, 1.54) is 11.1 Å². The molecule has 9 nitrogen and oxygen atoms in total. The third-order valence-corrected chi connectivity index (χ3v) is 5.99. The highest BCUT2D eigenvalue weighted by Gasteiger charge is 2.26. The zero-order chi connectivity index (χ0) is 26.0. The molecule has 192 valence electrons. The summed E-state index contributed by atoms with van der Waals surface area (Å²) in [6.07, 6.45) is 1.45. The molecule has 0 aromatic heterocycles. The largest absolute Gasteiger partial charge is 0.495 e. The van der Waals surface area contributed by atoms with Gasteiger partial charge in [0.2, 0.25) is 0 Å². The summed E-state index contributed by atoms with van der Waals surface area (Å²) in [4.78, 5) is 28.7. The van der Waals surface area contributed by atoms with Gasteiger partial charge in [0.05, 0.1) is 26.1 Å². The fourth-order valence-electron chi connectivity index (χ4n) is 4.02. The number of benzene rings is 3. The zero-order valence-corrected chi connectivity index (χ0v) is 20.9. The number of carbonyl (C=O) groups is 2. The second kappa shape index (κ2) is 12.4. The number of rotatable bonds is 8. The van der Waals surface area contributed by atoms with Gasteiger partial charge in [-0.2, -0.15) is 5.10 Å². The molecule has 0 saturated carbocycles. The monoisotopic (exact) mass is 502 g/mol. The van der Waals surface area contributed by atoms with E-state index in [2.05, 4.69) is 15.4 Å². The molecule has 1 saturated heterocycles. The fourth-order valence-corrected chi connectivity index (χ4v) is 4.02. The molecule has 0 bridgehead atoms. The van der Waals surface area contributed by atoms with Crippen LogP contribution >= 0.6 is 0 Å². The van der Waals surface area contributed by atoms with Crippen molar-refractivity contribution in [2.24, 2.45) is 5.10 Å². The van der Waals surface area contributed by atoms with Gasteiger partial charge in [0.25, 0.3) is 0 Å². The molecule has 4 rings (SSSR count). The molecule has 0 radical (unpaired) electrons. The van der Waals surface area contributed by atoms with E-state index in [0.29, 0.717) is 49.8 Å². The Morgan fingerprint density at radius 2 is 1.57 bits per heavy atom. The third-order valence-electron chi connectivity index (χ3n) is 5.99. The summed E-state index contributed by atoms with van der Waals surface area (Å²) in [5.41, 5.74) is 5.02. The molecule has 1 fully saturated rings. The van der Waals surface area contributed by atoms with Gasteiger partial charge in [-0.15, -0.1) is 0 Å². The number of ether oxygens (including phenoxy) is 3. The molecule has 1 N–H and O–H groups in total. The summed E-state index contributed by atoms with van der Waals surface area (Å²) in [6, 6.07) is 22.9. The van der Waals surface area contributed by atoms with Crippen molar-refractivity contribution in [1.82, 2.24) is 10.3 Å². The second-order valence-electron chi connectivity index (χ2n) is 8.33. The molecule has 2 amide bonds. The minimum absolute atomic E-state index is 0.413. The molecule has 37 heavy (non-hydrogen) atoms. The van der Waals surface area contributed by atoms with Crippen molar-refractivity contribution in [2.75, 3.05) is 45.3 Å². The number of hydrogen-bond acceptors (Lipinski definition) is 7. The molecule has 0 aliphatic carbocycles. The summed E-state index contributed by atoms with van der Waals surface area (Å²) >= 11 is 0. The first kappa shape index (κ1) is 25.6. The van der Waals surface area contributed by atoms with Crippen LogP contribution in [0, 0.1) is 0 Å².